The Balaban J connectivity index is 1.50. The lowest BCUT2D eigenvalue weighted by molar-refractivity contribution is -0.157. The average Bonchev–Trinajstić information content (AvgIpc) is 2.84. The van der Waals surface area contributed by atoms with Gasteiger partial charge in [0.05, 0.1) is 31.4 Å². The SMILES string of the molecule is COc1ccccc1C(=O)N1C[C@H]2[C@@H](c3ccccc31)[C@@H](CO)N2C(=O)C1CCOCC1. The number of likely N-dealkylation sites (tertiary alicyclic amines) is 1. The van der Waals surface area contributed by atoms with Gasteiger partial charge in [-0.15, -0.1) is 0 Å². The monoisotopic (exact) mass is 436 g/mol. The Kier molecular flexibility index (Phi) is 5.61. The molecule has 3 aliphatic rings. The van der Waals surface area contributed by atoms with Gasteiger partial charge in [0.2, 0.25) is 5.91 Å². The van der Waals surface area contributed by atoms with Crippen LogP contribution in [0, 0.1) is 5.92 Å². The first kappa shape index (κ1) is 21.0. The minimum absolute atomic E-state index is 0.0155. The molecule has 3 aliphatic heterocycles. The highest BCUT2D eigenvalue weighted by molar-refractivity contribution is 6.09. The highest BCUT2D eigenvalue weighted by Crippen LogP contribution is 2.49. The number of hydrogen-bond donors (Lipinski definition) is 1. The van der Waals surface area contributed by atoms with Crippen molar-refractivity contribution in [1.82, 2.24) is 4.90 Å². The van der Waals surface area contributed by atoms with Crippen molar-refractivity contribution in [3.05, 3.63) is 59.7 Å². The fourth-order valence-electron chi connectivity index (χ4n) is 5.51. The molecular formula is C25H28N2O5. The summed E-state index contributed by atoms with van der Waals surface area (Å²) < 4.78 is 10.8. The fourth-order valence-corrected chi connectivity index (χ4v) is 5.51. The molecule has 0 radical (unpaired) electrons. The van der Waals surface area contributed by atoms with Crippen molar-refractivity contribution >= 4 is 17.5 Å². The van der Waals surface area contributed by atoms with Crippen molar-refractivity contribution in [3.63, 3.8) is 0 Å². The van der Waals surface area contributed by atoms with Gasteiger partial charge in [-0.25, -0.2) is 0 Å². The van der Waals surface area contributed by atoms with Crippen molar-refractivity contribution in [3.8, 4) is 5.75 Å². The Morgan fingerprint density at radius 3 is 2.56 bits per heavy atom. The Bertz CT molecular complexity index is 1020. The van der Waals surface area contributed by atoms with E-state index in [-0.39, 0.29) is 42.3 Å². The lowest BCUT2D eigenvalue weighted by Crippen LogP contribution is -2.71. The van der Waals surface area contributed by atoms with Gasteiger partial charge in [0.1, 0.15) is 5.75 Å². The quantitative estimate of drug-likeness (QED) is 0.797. The van der Waals surface area contributed by atoms with E-state index in [0.717, 1.165) is 11.3 Å². The molecule has 3 heterocycles. The molecule has 168 valence electrons. The van der Waals surface area contributed by atoms with Crippen LogP contribution in [-0.2, 0) is 9.53 Å². The van der Waals surface area contributed by atoms with Crippen LogP contribution in [0.3, 0.4) is 0 Å². The maximum absolute atomic E-state index is 13.6. The van der Waals surface area contributed by atoms with E-state index in [2.05, 4.69) is 0 Å². The number of ether oxygens (including phenoxy) is 2. The number of methoxy groups -OCH3 is 1. The van der Waals surface area contributed by atoms with E-state index in [9.17, 15) is 14.7 Å². The molecule has 0 spiro atoms. The van der Waals surface area contributed by atoms with E-state index in [0.29, 0.717) is 43.9 Å². The molecule has 2 saturated heterocycles. The second-order valence-corrected chi connectivity index (χ2v) is 8.65. The van der Waals surface area contributed by atoms with Gasteiger partial charge in [0.25, 0.3) is 5.91 Å². The van der Waals surface area contributed by atoms with E-state index in [1.54, 1.807) is 24.1 Å². The minimum Gasteiger partial charge on any atom is -0.496 e. The van der Waals surface area contributed by atoms with Gasteiger partial charge >= 0.3 is 0 Å². The summed E-state index contributed by atoms with van der Waals surface area (Å²) in [5.41, 5.74) is 2.33. The van der Waals surface area contributed by atoms with Gasteiger partial charge in [0, 0.05) is 37.3 Å². The smallest absolute Gasteiger partial charge is 0.262 e. The predicted molar refractivity (Wildman–Crippen MR) is 119 cm³/mol. The highest BCUT2D eigenvalue weighted by atomic mass is 16.5. The second kappa shape index (κ2) is 8.56. The molecule has 3 atom stereocenters. The number of nitrogens with zero attached hydrogens (tertiary/aromatic N) is 2. The molecule has 0 aromatic heterocycles. The number of carbonyl (C=O) groups is 2. The number of anilines is 1. The first-order valence-electron chi connectivity index (χ1n) is 11.2. The number of carbonyl (C=O) groups excluding carboxylic acids is 2. The van der Waals surface area contributed by atoms with E-state index in [1.807, 2.05) is 41.3 Å². The molecule has 7 heteroatoms. The second-order valence-electron chi connectivity index (χ2n) is 8.65. The van der Waals surface area contributed by atoms with E-state index >= 15 is 0 Å². The first-order valence-corrected chi connectivity index (χ1v) is 11.2. The lowest BCUT2D eigenvalue weighted by atomic mass is 9.71. The normalized spacial score (nSPS) is 24.9. The van der Waals surface area contributed by atoms with Crippen LogP contribution in [0.4, 0.5) is 5.69 Å². The summed E-state index contributed by atoms with van der Waals surface area (Å²) >= 11 is 0. The van der Waals surface area contributed by atoms with Crippen LogP contribution in [-0.4, -0.2) is 67.4 Å². The molecular weight excluding hydrogens is 408 g/mol. The van der Waals surface area contributed by atoms with Crippen molar-refractivity contribution in [2.24, 2.45) is 5.92 Å². The summed E-state index contributed by atoms with van der Waals surface area (Å²) in [7, 11) is 1.55. The number of aliphatic hydroxyl groups is 1. The molecule has 0 unspecified atom stereocenters. The zero-order valence-corrected chi connectivity index (χ0v) is 18.1. The summed E-state index contributed by atoms with van der Waals surface area (Å²) in [6, 6.07) is 14.6. The van der Waals surface area contributed by atoms with Crippen molar-refractivity contribution in [2.75, 3.05) is 38.4 Å². The summed E-state index contributed by atoms with van der Waals surface area (Å²) in [5.74, 6) is 0.363. The summed E-state index contributed by atoms with van der Waals surface area (Å²) in [5, 5.41) is 10.2. The Labute approximate surface area is 187 Å². The molecule has 2 aromatic carbocycles. The molecule has 0 saturated carbocycles. The number of rotatable bonds is 4. The highest BCUT2D eigenvalue weighted by Gasteiger charge is 2.56. The largest absolute Gasteiger partial charge is 0.496 e. The summed E-state index contributed by atoms with van der Waals surface area (Å²) in [4.78, 5) is 30.6. The third-order valence-electron chi connectivity index (χ3n) is 7.09. The van der Waals surface area contributed by atoms with Crippen molar-refractivity contribution in [1.29, 1.82) is 0 Å². The molecule has 2 aromatic rings. The van der Waals surface area contributed by atoms with Crippen LogP contribution < -0.4 is 9.64 Å². The molecule has 7 nitrogen and oxygen atoms in total. The Morgan fingerprint density at radius 2 is 1.81 bits per heavy atom. The maximum Gasteiger partial charge on any atom is 0.262 e. The van der Waals surface area contributed by atoms with Gasteiger partial charge < -0.3 is 24.4 Å². The van der Waals surface area contributed by atoms with Gasteiger partial charge in [-0.1, -0.05) is 30.3 Å². The van der Waals surface area contributed by atoms with Crippen LogP contribution in [0.25, 0.3) is 0 Å². The summed E-state index contributed by atoms with van der Waals surface area (Å²) in [6.45, 7) is 1.47. The Hall–Kier alpha value is -2.90. The number of benzene rings is 2. The first-order chi connectivity index (χ1) is 15.7. The van der Waals surface area contributed by atoms with Crippen LogP contribution in [0.1, 0.15) is 34.7 Å². The van der Waals surface area contributed by atoms with Crippen molar-refractivity contribution < 1.29 is 24.2 Å². The minimum atomic E-state index is -0.264. The Morgan fingerprint density at radius 1 is 1.09 bits per heavy atom. The van der Waals surface area contributed by atoms with Gasteiger partial charge in [-0.2, -0.15) is 0 Å². The number of amides is 2. The zero-order valence-electron chi connectivity index (χ0n) is 18.1. The van der Waals surface area contributed by atoms with E-state index in [4.69, 9.17) is 9.47 Å². The average molecular weight is 437 g/mol. The standard InChI is InChI=1S/C25H28N2O5/c1-31-22-9-5-3-7-18(22)25(30)26-14-20-23(17-6-2-4-8-19(17)26)21(15-28)27(20)24(29)16-10-12-32-13-11-16/h2-9,16,20-21,23,28H,10-15H2,1H3/t20-,21+,23+/m0/s1. The number of aliphatic hydroxyl groups excluding tert-OH is 1. The van der Waals surface area contributed by atoms with Gasteiger partial charge in [-0.3, -0.25) is 9.59 Å². The topological polar surface area (TPSA) is 79.3 Å². The third-order valence-corrected chi connectivity index (χ3v) is 7.09. The molecule has 2 fully saturated rings. The van der Waals surface area contributed by atoms with Crippen LogP contribution in [0.5, 0.6) is 5.75 Å². The van der Waals surface area contributed by atoms with Crippen molar-refractivity contribution in [2.45, 2.75) is 30.8 Å². The lowest BCUT2D eigenvalue weighted by Gasteiger charge is -2.59. The zero-order chi connectivity index (χ0) is 22.2. The third kappa shape index (κ3) is 3.27. The number of para-hydroxylation sites is 2. The predicted octanol–water partition coefficient (Wildman–Crippen LogP) is 2.44. The molecule has 0 bridgehead atoms. The molecule has 2 amide bonds. The van der Waals surface area contributed by atoms with E-state index < -0.39 is 0 Å². The number of fused-ring (bicyclic) bond motifs is 3. The fraction of sp³-hybridized carbons (Fsp3) is 0.440. The molecule has 32 heavy (non-hydrogen) atoms. The van der Waals surface area contributed by atoms with Crippen LogP contribution in [0.15, 0.2) is 48.5 Å². The number of hydrogen-bond acceptors (Lipinski definition) is 5. The van der Waals surface area contributed by atoms with Gasteiger partial charge in [-0.05, 0) is 36.6 Å². The maximum atomic E-state index is 13.6. The molecule has 1 N–H and O–H groups in total. The van der Waals surface area contributed by atoms with Crippen LogP contribution >= 0.6 is 0 Å². The molecule has 0 aliphatic carbocycles. The van der Waals surface area contributed by atoms with Crippen LogP contribution in [0.2, 0.25) is 0 Å². The summed E-state index contributed by atoms with van der Waals surface area (Å²) in [6.07, 6.45) is 1.40. The molecule has 5 rings (SSSR count). The van der Waals surface area contributed by atoms with Gasteiger partial charge in [0.15, 0.2) is 0 Å². The van der Waals surface area contributed by atoms with E-state index in [1.165, 1.54) is 0 Å².